The third-order valence-electron chi connectivity index (χ3n) is 2.79. The third-order valence-corrected chi connectivity index (χ3v) is 3.08. The van der Waals surface area contributed by atoms with E-state index in [1.807, 2.05) is 18.2 Å². The van der Waals surface area contributed by atoms with Gasteiger partial charge in [-0.05, 0) is 18.4 Å². The number of hydrogen-bond acceptors (Lipinski definition) is 2. The summed E-state index contributed by atoms with van der Waals surface area (Å²) < 4.78 is 5.47. The van der Waals surface area contributed by atoms with E-state index in [0.29, 0.717) is 23.9 Å². The Labute approximate surface area is 117 Å². The molecule has 0 atom stereocenters. The van der Waals surface area contributed by atoms with Crippen molar-refractivity contribution in [3.8, 4) is 5.75 Å². The van der Waals surface area contributed by atoms with Crippen LogP contribution in [0.4, 0.5) is 0 Å². The van der Waals surface area contributed by atoms with Crippen molar-refractivity contribution in [1.82, 2.24) is 4.98 Å². The van der Waals surface area contributed by atoms with E-state index in [1.54, 1.807) is 6.20 Å². The van der Waals surface area contributed by atoms with E-state index in [1.165, 1.54) is 11.6 Å². The molecule has 2 rings (SSSR count). The molecular weight excluding hydrogens is 262 g/mol. The topological polar surface area (TPSA) is 42.1 Å². The van der Waals surface area contributed by atoms with Crippen molar-refractivity contribution in [2.24, 2.45) is 0 Å². The fourth-order valence-electron chi connectivity index (χ4n) is 1.79. The second-order valence-electron chi connectivity index (χ2n) is 4.26. The SMILES string of the molecule is O=c1cc(CCl)[nH]cc1OCCCc1ccccc1. The molecule has 2 aromatic rings. The quantitative estimate of drug-likeness (QED) is 0.651. The van der Waals surface area contributed by atoms with Crippen molar-refractivity contribution in [2.45, 2.75) is 18.7 Å². The zero-order valence-corrected chi connectivity index (χ0v) is 11.3. The number of H-pyrrole nitrogens is 1. The van der Waals surface area contributed by atoms with Crippen LogP contribution in [0.15, 0.2) is 47.4 Å². The van der Waals surface area contributed by atoms with Crippen molar-refractivity contribution >= 4 is 11.6 Å². The monoisotopic (exact) mass is 277 g/mol. The zero-order valence-electron chi connectivity index (χ0n) is 10.6. The highest BCUT2D eigenvalue weighted by molar-refractivity contribution is 6.16. The van der Waals surface area contributed by atoms with E-state index in [2.05, 4.69) is 17.1 Å². The Morgan fingerprint density at radius 2 is 2.00 bits per heavy atom. The van der Waals surface area contributed by atoms with Crippen molar-refractivity contribution in [2.75, 3.05) is 6.61 Å². The smallest absolute Gasteiger partial charge is 0.223 e. The summed E-state index contributed by atoms with van der Waals surface area (Å²) in [5.41, 5.74) is 1.84. The molecule has 1 aromatic heterocycles. The molecule has 0 fully saturated rings. The van der Waals surface area contributed by atoms with E-state index >= 15 is 0 Å². The van der Waals surface area contributed by atoms with Crippen molar-refractivity contribution < 1.29 is 4.74 Å². The fourth-order valence-corrected chi connectivity index (χ4v) is 1.95. The fraction of sp³-hybridized carbons (Fsp3) is 0.267. The van der Waals surface area contributed by atoms with E-state index in [-0.39, 0.29) is 5.43 Å². The maximum Gasteiger partial charge on any atom is 0.223 e. The number of benzene rings is 1. The second kappa shape index (κ2) is 7.00. The second-order valence-corrected chi connectivity index (χ2v) is 4.53. The highest BCUT2D eigenvalue weighted by Crippen LogP contribution is 2.06. The summed E-state index contributed by atoms with van der Waals surface area (Å²) in [4.78, 5) is 14.6. The first kappa shape index (κ1) is 13.7. The van der Waals surface area contributed by atoms with Gasteiger partial charge in [0, 0.05) is 18.0 Å². The lowest BCUT2D eigenvalue weighted by Gasteiger charge is -2.06. The minimum atomic E-state index is -0.130. The van der Waals surface area contributed by atoms with Gasteiger partial charge in [-0.25, -0.2) is 0 Å². The maximum atomic E-state index is 11.7. The van der Waals surface area contributed by atoms with Crippen LogP contribution < -0.4 is 10.2 Å². The van der Waals surface area contributed by atoms with Crippen molar-refractivity contribution in [1.29, 1.82) is 0 Å². The summed E-state index contributed by atoms with van der Waals surface area (Å²) in [5.74, 6) is 0.644. The molecule has 3 nitrogen and oxygen atoms in total. The molecular formula is C15H16ClNO2. The van der Waals surface area contributed by atoms with Gasteiger partial charge in [-0.1, -0.05) is 30.3 Å². The van der Waals surface area contributed by atoms with Gasteiger partial charge in [-0.3, -0.25) is 4.79 Å². The number of aryl methyl sites for hydroxylation is 1. The van der Waals surface area contributed by atoms with Gasteiger partial charge in [0.25, 0.3) is 0 Å². The number of ether oxygens (including phenoxy) is 1. The average Bonchev–Trinajstić information content (AvgIpc) is 2.46. The number of halogens is 1. The molecule has 0 amide bonds. The third kappa shape index (κ3) is 4.14. The normalized spacial score (nSPS) is 10.4. The average molecular weight is 278 g/mol. The number of rotatable bonds is 6. The summed E-state index contributed by atoms with van der Waals surface area (Å²) in [6, 6.07) is 11.7. The summed E-state index contributed by atoms with van der Waals surface area (Å²) in [7, 11) is 0. The van der Waals surface area contributed by atoms with Crippen LogP contribution >= 0.6 is 11.6 Å². The van der Waals surface area contributed by atoms with Gasteiger partial charge in [0.2, 0.25) is 5.43 Å². The number of alkyl halides is 1. The largest absolute Gasteiger partial charge is 0.488 e. The van der Waals surface area contributed by atoms with Crippen LogP contribution in [0.3, 0.4) is 0 Å². The lowest BCUT2D eigenvalue weighted by atomic mass is 10.1. The minimum absolute atomic E-state index is 0.130. The molecule has 0 radical (unpaired) electrons. The molecule has 0 unspecified atom stereocenters. The Morgan fingerprint density at radius 1 is 1.21 bits per heavy atom. The molecule has 0 bridgehead atoms. The van der Waals surface area contributed by atoms with Gasteiger partial charge in [0.05, 0.1) is 12.5 Å². The predicted molar refractivity (Wildman–Crippen MR) is 76.9 cm³/mol. The van der Waals surface area contributed by atoms with Gasteiger partial charge < -0.3 is 9.72 Å². The molecule has 1 aromatic carbocycles. The summed E-state index contributed by atoms with van der Waals surface area (Å²) in [5, 5.41) is 0. The number of nitrogens with one attached hydrogen (secondary N) is 1. The number of aromatic nitrogens is 1. The predicted octanol–water partition coefficient (Wildman–Crippen LogP) is 3.13. The van der Waals surface area contributed by atoms with Crippen LogP contribution in [-0.2, 0) is 12.3 Å². The molecule has 1 heterocycles. The van der Waals surface area contributed by atoms with Crippen LogP contribution in [0.1, 0.15) is 17.7 Å². The molecule has 0 aliphatic heterocycles. The van der Waals surface area contributed by atoms with Crippen LogP contribution in [0, 0.1) is 0 Å². The molecule has 1 N–H and O–H groups in total. The molecule has 19 heavy (non-hydrogen) atoms. The van der Waals surface area contributed by atoms with E-state index in [9.17, 15) is 4.79 Å². The number of aromatic amines is 1. The lowest BCUT2D eigenvalue weighted by molar-refractivity contribution is 0.307. The van der Waals surface area contributed by atoms with Crippen LogP contribution in [0.2, 0.25) is 0 Å². The Bertz CT molecular complexity index is 566. The van der Waals surface area contributed by atoms with Crippen LogP contribution in [-0.4, -0.2) is 11.6 Å². The Balaban J connectivity index is 1.81. The molecule has 0 saturated carbocycles. The van der Waals surface area contributed by atoms with Crippen molar-refractivity contribution in [3.63, 3.8) is 0 Å². The first-order valence-corrected chi connectivity index (χ1v) is 6.77. The summed E-state index contributed by atoms with van der Waals surface area (Å²) in [6.07, 6.45) is 3.39. The Morgan fingerprint density at radius 3 is 2.68 bits per heavy atom. The van der Waals surface area contributed by atoms with E-state index in [0.717, 1.165) is 12.8 Å². The first-order valence-electron chi connectivity index (χ1n) is 6.24. The Hall–Kier alpha value is -1.74. The van der Waals surface area contributed by atoms with Gasteiger partial charge in [0.1, 0.15) is 0 Å². The number of pyridine rings is 1. The van der Waals surface area contributed by atoms with Gasteiger partial charge >= 0.3 is 0 Å². The molecule has 0 saturated heterocycles. The van der Waals surface area contributed by atoms with Crippen LogP contribution in [0.5, 0.6) is 5.75 Å². The highest BCUT2D eigenvalue weighted by Gasteiger charge is 2.02. The molecule has 0 spiro atoms. The summed E-state index contributed by atoms with van der Waals surface area (Å²) in [6.45, 7) is 0.526. The van der Waals surface area contributed by atoms with Gasteiger partial charge in [0.15, 0.2) is 5.75 Å². The highest BCUT2D eigenvalue weighted by atomic mass is 35.5. The Kier molecular flexibility index (Phi) is 5.04. The van der Waals surface area contributed by atoms with Gasteiger partial charge in [-0.2, -0.15) is 0 Å². The first-order chi connectivity index (χ1) is 9.29. The van der Waals surface area contributed by atoms with E-state index in [4.69, 9.17) is 16.3 Å². The standard InChI is InChI=1S/C15H16ClNO2/c16-10-13-9-14(18)15(11-17-13)19-8-4-7-12-5-2-1-3-6-12/h1-3,5-6,9,11H,4,7-8,10H2,(H,17,18). The lowest BCUT2D eigenvalue weighted by Crippen LogP contribution is -2.10. The summed E-state index contributed by atoms with van der Waals surface area (Å²) >= 11 is 5.63. The van der Waals surface area contributed by atoms with Gasteiger partial charge in [-0.15, -0.1) is 11.6 Å². The minimum Gasteiger partial charge on any atom is -0.488 e. The van der Waals surface area contributed by atoms with E-state index < -0.39 is 0 Å². The van der Waals surface area contributed by atoms with Crippen molar-refractivity contribution in [3.05, 3.63) is 64.1 Å². The number of hydrogen-bond donors (Lipinski definition) is 1. The maximum absolute atomic E-state index is 11.7. The molecule has 0 aliphatic rings. The zero-order chi connectivity index (χ0) is 13.5. The molecule has 100 valence electrons. The molecule has 4 heteroatoms. The van der Waals surface area contributed by atoms with Crippen LogP contribution in [0.25, 0.3) is 0 Å². The molecule has 0 aliphatic carbocycles.